The Bertz CT molecular complexity index is 3200. The zero-order valence-corrected chi connectivity index (χ0v) is 63.8. The van der Waals surface area contributed by atoms with Crippen LogP contribution in [0.15, 0.2) is 47.1 Å². The van der Waals surface area contributed by atoms with E-state index >= 15 is 0 Å². The lowest BCUT2D eigenvalue weighted by molar-refractivity contribution is -0.151. The number of ether oxygens (including phenoxy) is 1. The van der Waals surface area contributed by atoms with E-state index in [0.29, 0.717) is 31.2 Å². The molecule has 34 nitrogen and oxygen atoms in total. The number of aliphatic carboxylic acids is 1. The van der Waals surface area contributed by atoms with Gasteiger partial charge in [-0.1, -0.05) is 132 Å². The van der Waals surface area contributed by atoms with Crippen molar-refractivity contribution >= 4 is 88.8 Å². The van der Waals surface area contributed by atoms with Gasteiger partial charge in [-0.25, -0.2) is 4.79 Å². The minimum absolute atomic E-state index is 0.111. The fourth-order valence-electron chi connectivity index (χ4n) is 11.4. The standard InChI is InChI=1S/C71H118N16O18/c1-18-38(12)53(82-65(98)54(39(13)19-2)83-67(100)55(40(14)88)84-61(94)47(32-34(4)5)77-58(91)45(72)28-24-30-75-71(73)74)64(97)78-48(33-44-26-22-21-23-27-44)60(93)76-46(20-3)59(92)79-50(35(6)7)63(96)86-57(42(16)105-43(17)90)68(101)85-56(41(15)89)66(99)80-51(36(8)9)62(95)81-52(37(10)11)69(102)87-31-25-29-49(87)70(103)104/h20-23,26-27,34-42,45,47-57,88-89H,18-19,24-25,28-33,72H2,1-17H3,(H,76,93)(H,77,91)(H,78,97)(H,79,92)(H,80,99)(H,81,95)(H,82,98)(H,83,100)(H,84,94)(H,85,101)(H,86,96)(H,103,104)(H4,73,74,75)/b46-20+/t38-,39-,40+,41+,42-,45-,47+,48-,49-,50-,51-,52-,53-,54-,55-,56-,57-/m0/s1. The third-order valence-corrected chi connectivity index (χ3v) is 18.0. The van der Waals surface area contributed by atoms with E-state index in [0.717, 1.165) is 13.8 Å². The van der Waals surface area contributed by atoms with Gasteiger partial charge in [0.2, 0.25) is 65.0 Å². The molecule has 12 amide bonds. The molecule has 1 aliphatic rings. The Morgan fingerprint density at radius 1 is 0.562 bits per heavy atom. The van der Waals surface area contributed by atoms with E-state index in [1.165, 1.54) is 45.6 Å². The van der Waals surface area contributed by atoms with Crippen molar-refractivity contribution in [3.63, 3.8) is 0 Å². The third-order valence-electron chi connectivity index (χ3n) is 18.0. The number of nitrogens with one attached hydrogen (secondary N) is 11. The summed E-state index contributed by atoms with van der Waals surface area (Å²) in [6.07, 6.45) is -1.76. The summed E-state index contributed by atoms with van der Waals surface area (Å²) in [5, 5.41) is 60.0. The molecular weight excluding hydrogens is 1360 g/mol. The average molecular weight is 1480 g/mol. The summed E-state index contributed by atoms with van der Waals surface area (Å²) in [7, 11) is 0. The molecule has 2 rings (SSSR count). The van der Waals surface area contributed by atoms with E-state index in [9.17, 15) is 82.4 Å². The van der Waals surface area contributed by atoms with E-state index in [1.54, 1.807) is 99.6 Å². The molecule has 0 radical (unpaired) electrons. The molecule has 590 valence electrons. The lowest BCUT2D eigenvalue weighted by atomic mass is 9.94. The lowest BCUT2D eigenvalue weighted by Crippen LogP contribution is -2.64. The molecule has 0 saturated carbocycles. The Morgan fingerprint density at radius 2 is 0.990 bits per heavy atom. The quantitative estimate of drug-likeness (QED) is 0.0115. The number of carboxylic acid groups (broad SMARTS) is 1. The van der Waals surface area contributed by atoms with Crippen molar-refractivity contribution in [3.8, 4) is 0 Å². The molecule has 0 aromatic heterocycles. The van der Waals surface area contributed by atoms with E-state index in [2.05, 4.69) is 63.5 Å². The number of carbonyl (C=O) groups is 14. The summed E-state index contributed by atoms with van der Waals surface area (Å²) < 4.78 is 5.33. The Kier molecular flexibility index (Phi) is 38.9. The van der Waals surface area contributed by atoms with Crippen molar-refractivity contribution < 1.29 is 87.2 Å². The fourth-order valence-corrected chi connectivity index (χ4v) is 11.4. The first-order valence-electron chi connectivity index (χ1n) is 36.0. The number of carboxylic acids is 1. The molecule has 17 atom stereocenters. The van der Waals surface area contributed by atoms with Crippen molar-refractivity contribution in [2.24, 2.45) is 57.7 Å². The number of nitrogens with zero attached hydrogens (tertiary/aromatic N) is 2. The number of esters is 1. The van der Waals surface area contributed by atoms with Crippen LogP contribution in [0.5, 0.6) is 0 Å². The predicted molar refractivity (Wildman–Crippen MR) is 389 cm³/mol. The maximum Gasteiger partial charge on any atom is 0.326 e. The smallest absolute Gasteiger partial charge is 0.326 e. The summed E-state index contributed by atoms with van der Waals surface area (Å²) in [4.78, 5) is 199. The Hall–Kier alpha value is -9.31. The summed E-state index contributed by atoms with van der Waals surface area (Å²) in [5.74, 6) is -16.5. The van der Waals surface area contributed by atoms with Crippen molar-refractivity contribution in [2.75, 3.05) is 13.1 Å². The van der Waals surface area contributed by atoms with Crippen LogP contribution in [0.3, 0.4) is 0 Å². The minimum atomic E-state index is -1.84. The van der Waals surface area contributed by atoms with Crippen LogP contribution in [0.25, 0.3) is 0 Å². The first-order valence-corrected chi connectivity index (χ1v) is 36.0. The molecule has 1 saturated heterocycles. The number of hydrogen-bond acceptors (Lipinski definition) is 19. The van der Waals surface area contributed by atoms with Gasteiger partial charge < -0.3 is 101 Å². The number of aliphatic hydroxyl groups is 2. The Labute approximate surface area is 615 Å². The molecule has 20 N–H and O–H groups in total. The van der Waals surface area contributed by atoms with Crippen LogP contribution in [-0.4, -0.2) is 213 Å². The summed E-state index contributed by atoms with van der Waals surface area (Å²) in [6.45, 7) is 26.4. The van der Waals surface area contributed by atoms with Crippen LogP contribution in [0, 0.1) is 35.5 Å². The van der Waals surface area contributed by atoms with Gasteiger partial charge in [0, 0.05) is 26.4 Å². The maximum absolute atomic E-state index is 14.7. The number of amides is 12. The van der Waals surface area contributed by atoms with Gasteiger partial charge in [0.05, 0.1) is 18.2 Å². The van der Waals surface area contributed by atoms with Gasteiger partial charge in [-0.05, 0) is 101 Å². The second-order valence-electron chi connectivity index (χ2n) is 28.4. The highest BCUT2D eigenvalue weighted by atomic mass is 16.5. The number of aliphatic imine (C=N–C) groups is 1. The molecule has 0 unspecified atom stereocenters. The van der Waals surface area contributed by atoms with E-state index in [1.807, 2.05) is 0 Å². The fraction of sp³-hybridized carbons (Fsp3) is 0.676. The normalized spacial score (nSPS) is 17.6. The monoisotopic (exact) mass is 1480 g/mol. The van der Waals surface area contributed by atoms with Crippen LogP contribution in [0.2, 0.25) is 0 Å². The summed E-state index contributed by atoms with van der Waals surface area (Å²) in [5.41, 5.74) is 17.0. The second-order valence-corrected chi connectivity index (χ2v) is 28.4. The van der Waals surface area contributed by atoms with Crippen molar-refractivity contribution in [3.05, 3.63) is 47.7 Å². The molecule has 1 aliphatic heterocycles. The van der Waals surface area contributed by atoms with Crippen LogP contribution >= 0.6 is 0 Å². The highest BCUT2D eigenvalue weighted by molar-refractivity contribution is 6.03. The minimum Gasteiger partial charge on any atom is -0.480 e. The average Bonchev–Trinajstić information content (AvgIpc) is 1.78. The van der Waals surface area contributed by atoms with E-state index in [4.69, 9.17) is 21.9 Å². The molecule has 0 aliphatic carbocycles. The van der Waals surface area contributed by atoms with Gasteiger partial charge in [0.25, 0.3) is 5.91 Å². The number of allylic oxidation sites excluding steroid dienone is 1. The summed E-state index contributed by atoms with van der Waals surface area (Å²) in [6, 6.07) is -8.57. The number of guanidine groups is 1. The molecular formula is C71H118N16O18. The van der Waals surface area contributed by atoms with Crippen LogP contribution in [-0.2, 0) is 78.3 Å². The van der Waals surface area contributed by atoms with E-state index < -0.39 is 209 Å². The Morgan fingerprint density at radius 3 is 1.45 bits per heavy atom. The molecule has 105 heavy (non-hydrogen) atoms. The van der Waals surface area contributed by atoms with Gasteiger partial charge in [-0.2, -0.15) is 0 Å². The highest BCUT2D eigenvalue weighted by Crippen LogP contribution is 2.22. The molecule has 1 aromatic carbocycles. The van der Waals surface area contributed by atoms with Gasteiger partial charge >= 0.3 is 11.9 Å². The van der Waals surface area contributed by atoms with Crippen molar-refractivity contribution in [2.45, 2.75) is 260 Å². The number of likely N-dealkylation sites (tertiary alicyclic amines) is 1. The first-order chi connectivity index (χ1) is 49.0. The van der Waals surface area contributed by atoms with Gasteiger partial charge in [0.15, 0.2) is 5.96 Å². The van der Waals surface area contributed by atoms with Crippen molar-refractivity contribution in [1.29, 1.82) is 0 Å². The van der Waals surface area contributed by atoms with Gasteiger partial charge in [-0.3, -0.25) is 67.3 Å². The van der Waals surface area contributed by atoms with Crippen LogP contribution in [0.1, 0.15) is 168 Å². The lowest BCUT2D eigenvalue weighted by Gasteiger charge is -2.32. The van der Waals surface area contributed by atoms with E-state index in [-0.39, 0.29) is 50.7 Å². The Balaban J connectivity index is 2.46. The second kappa shape index (κ2) is 44.5. The first kappa shape index (κ1) is 91.8. The zero-order valence-electron chi connectivity index (χ0n) is 63.8. The number of rotatable bonds is 43. The number of carbonyl (C=O) groups excluding carboxylic acids is 13. The zero-order chi connectivity index (χ0) is 80.0. The largest absolute Gasteiger partial charge is 0.480 e. The maximum atomic E-state index is 14.7. The third kappa shape index (κ3) is 29.6. The predicted octanol–water partition coefficient (Wildman–Crippen LogP) is -1.63. The molecule has 1 fully saturated rings. The number of aliphatic hydroxyl groups excluding tert-OH is 2. The SMILES string of the molecule is C/C=C(/NC(=O)[C@H](Cc1ccccc1)NC(=O)[C@@H](NC(=O)[C@@H](NC(=O)[C@@H](NC(=O)[C@@H](CC(C)C)NC(=O)[C@@H](N)CCCN=C(N)N)[C@@H](C)O)[C@@H](C)CC)[C@@H](C)CC)C(=O)N[C@H](C(=O)N[C@H](C(=O)N[C@H](C(=O)N[C@H](C(=O)N[C@H](C(=O)N1CCC[C@H]1C(=O)O)C(C)C)C(C)C)[C@@H](C)O)[C@H](C)OC(C)=O)C(C)C. The molecule has 1 heterocycles. The number of benzene rings is 1. The number of nitrogens with two attached hydrogens (primary N) is 3. The number of hydrogen-bond donors (Lipinski definition) is 17. The molecule has 0 bridgehead atoms. The topological polar surface area (TPSA) is 535 Å². The molecule has 34 heteroatoms. The summed E-state index contributed by atoms with van der Waals surface area (Å²) >= 11 is 0. The van der Waals surface area contributed by atoms with Crippen LogP contribution in [0.4, 0.5) is 0 Å². The molecule has 0 spiro atoms. The van der Waals surface area contributed by atoms with Crippen LogP contribution < -0.4 is 75.7 Å². The van der Waals surface area contributed by atoms with Crippen molar-refractivity contribution in [1.82, 2.24) is 63.4 Å². The highest BCUT2D eigenvalue weighted by Gasteiger charge is 2.43. The van der Waals surface area contributed by atoms with Gasteiger partial charge in [0.1, 0.15) is 78.3 Å². The van der Waals surface area contributed by atoms with Gasteiger partial charge in [-0.15, -0.1) is 0 Å². The molecule has 1 aromatic rings.